The van der Waals surface area contributed by atoms with Crippen molar-refractivity contribution in [3.63, 3.8) is 0 Å². The van der Waals surface area contributed by atoms with Crippen LogP contribution in [0.15, 0.2) is 18.2 Å². The first kappa shape index (κ1) is 10.2. The minimum Gasteiger partial charge on any atom is -0.380 e. The molecule has 0 spiro atoms. The molecule has 0 saturated carbocycles. The second kappa shape index (κ2) is 4.49. The zero-order chi connectivity index (χ0) is 9.97. The molecule has 0 amide bonds. The van der Waals surface area contributed by atoms with E-state index in [4.69, 9.17) is 4.74 Å². The maximum atomic E-state index is 5.32. The van der Waals surface area contributed by atoms with Crippen molar-refractivity contribution in [2.24, 2.45) is 0 Å². The lowest BCUT2D eigenvalue weighted by molar-refractivity contribution is 0.195. The fourth-order valence-electron chi connectivity index (χ4n) is 1.62. The van der Waals surface area contributed by atoms with Gasteiger partial charge in [-0.25, -0.2) is 0 Å². The molecule has 1 heterocycles. The van der Waals surface area contributed by atoms with Gasteiger partial charge in [-0.3, -0.25) is 0 Å². The Morgan fingerprint density at radius 1 is 1.50 bits per heavy atom. The number of anilines is 1. The van der Waals surface area contributed by atoms with Crippen LogP contribution < -0.4 is 5.32 Å². The van der Waals surface area contributed by atoms with Gasteiger partial charge in [0.15, 0.2) is 0 Å². The van der Waals surface area contributed by atoms with Crippen LogP contribution in [0, 0.1) is 10.5 Å². The van der Waals surface area contributed by atoms with E-state index in [0.717, 1.165) is 19.6 Å². The first-order valence-electron chi connectivity index (χ1n) is 4.86. The smallest absolute Gasteiger partial charge is 0.0668 e. The van der Waals surface area contributed by atoms with E-state index in [0.29, 0.717) is 6.04 Å². The van der Waals surface area contributed by atoms with E-state index in [-0.39, 0.29) is 0 Å². The molecule has 0 aromatic heterocycles. The summed E-state index contributed by atoms with van der Waals surface area (Å²) in [5.41, 5.74) is 2.54. The van der Waals surface area contributed by atoms with Gasteiger partial charge in [0, 0.05) is 15.9 Å². The summed E-state index contributed by atoms with van der Waals surface area (Å²) in [7, 11) is 0. The first-order chi connectivity index (χ1) is 6.75. The van der Waals surface area contributed by atoms with Crippen LogP contribution in [0.4, 0.5) is 5.69 Å². The highest BCUT2D eigenvalue weighted by atomic mass is 127. The van der Waals surface area contributed by atoms with Gasteiger partial charge in [-0.2, -0.15) is 0 Å². The molecule has 1 aliphatic heterocycles. The fourth-order valence-corrected chi connectivity index (χ4v) is 1.95. The van der Waals surface area contributed by atoms with Crippen LogP contribution in [0.25, 0.3) is 0 Å². The Morgan fingerprint density at radius 3 is 3.00 bits per heavy atom. The van der Waals surface area contributed by atoms with Crippen molar-refractivity contribution in [3.05, 3.63) is 27.3 Å². The van der Waals surface area contributed by atoms with E-state index in [1.54, 1.807) is 0 Å². The largest absolute Gasteiger partial charge is 0.380 e. The Balaban J connectivity index is 2.05. The molecule has 1 fully saturated rings. The monoisotopic (exact) mass is 303 g/mol. The normalized spacial score (nSPS) is 21.1. The summed E-state index contributed by atoms with van der Waals surface area (Å²) in [6, 6.07) is 6.97. The molecule has 1 saturated heterocycles. The molecule has 1 aliphatic rings. The zero-order valence-electron chi connectivity index (χ0n) is 8.22. The van der Waals surface area contributed by atoms with Crippen LogP contribution in [0.5, 0.6) is 0 Å². The Morgan fingerprint density at radius 2 is 2.36 bits per heavy atom. The lowest BCUT2D eigenvalue weighted by atomic mass is 10.2. The molecule has 14 heavy (non-hydrogen) atoms. The number of rotatable bonds is 2. The molecule has 1 atom stereocenters. The van der Waals surface area contributed by atoms with Crippen LogP contribution in [-0.4, -0.2) is 19.3 Å². The van der Waals surface area contributed by atoms with Gasteiger partial charge in [0.2, 0.25) is 0 Å². The standard InChI is InChI=1S/C11H14INO/c1-8-6-9(2-3-11(8)12)13-10-4-5-14-7-10/h2-3,6,10,13H,4-5,7H2,1H3. The highest BCUT2D eigenvalue weighted by Crippen LogP contribution is 2.19. The van der Waals surface area contributed by atoms with E-state index in [1.165, 1.54) is 14.8 Å². The van der Waals surface area contributed by atoms with Crippen LogP contribution >= 0.6 is 22.6 Å². The Hall–Kier alpha value is -0.290. The Labute approximate surface area is 98.2 Å². The van der Waals surface area contributed by atoms with Gasteiger partial charge in [-0.15, -0.1) is 0 Å². The van der Waals surface area contributed by atoms with Gasteiger partial charge in [0.05, 0.1) is 12.6 Å². The zero-order valence-corrected chi connectivity index (χ0v) is 10.4. The second-order valence-corrected chi connectivity index (χ2v) is 4.83. The summed E-state index contributed by atoms with van der Waals surface area (Å²) in [6.07, 6.45) is 1.12. The lowest BCUT2D eigenvalue weighted by Gasteiger charge is -2.12. The van der Waals surface area contributed by atoms with Crippen molar-refractivity contribution < 1.29 is 4.74 Å². The topological polar surface area (TPSA) is 21.3 Å². The molecule has 2 rings (SSSR count). The highest BCUT2D eigenvalue weighted by Gasteiger charge is 2.14. The van der Waals surface area contributed by atoms with Crippen molar-refractivity contribution in [2.45, 2.75) is 19.4 Å². The van der Waals surface area contributed by atoms with E-state index in [9.17, 15) is 0 Å². The third-order valence-electron chi connectivity index (χ3n) is 2.46. The fraction of sp³-hybridized carbons (Fsp3) is 0.455. The average Bonchev–Trinajstić information content (AvgIpc) is 2.64. The molecule has 0 aliphatic carbocycles. The molecule has 1 aromatic carbocycles. The summed E-state index contributed by atoms with van der Waals surface area (Å²) in [4.78, 5) is 0. The molecule has 0 radical (unpaired) electrons. The molecular formula is C11H14INO. The number of benzene rings is 1. The van der Waals surface area contributed by atoms with Gasteiger partial charge in [-0.1, -0.05) is 0 Å². The average molecular weight is 303 g/mol. The molecule has 1 unspecified atom stereocenters. The lowest BCUT2D eigenvalue weighted by Crippen LogP contribution is -2.18. The maximum Gasteiger partial charge on any atom is 0.0668 e. The van der Waals surface area contributed by atoms with Gasteiger partial charge >= 0.3 is 0 Å². The molecular weight excluding hydrogens is 289 g/mol. The molecule has 1 N–H and O–H groups in total. The summed E-state index contributed by atoms with van der Waals surface area (Å²) < 4.78 is 6.63. The predicted octanol–water partition coefficient (Wildman–Crippen LogP) is 2.80. The van der Waals surface area contributed by atoms with Gasteiger partial charge < -0.3 is 10.1 Å². The molecule has 2 nitrogen and oxygen atoms in total. The molecule has 3 heteroatoms. The third kappa shape index (κ3) is 2.39. The van der Waals surface area contributed by atoms with Crippen LogP contribution in [0.2, 0.25) is 0 Å². The summed E-state index contributed by atoms with van der Waals surface area (Å²) in [5.74, 6) is 0. The van der Waals surface area contributed by atoms with Crippen molar-refractivity contribution in [1.82, 2.24) is 0 Å². The van der Waals surface area contributed by atoms with Crippen molar-refractivity contribution in [3.8, 4) is 0 Å². The van der Waals surface area contributed by atoms with E-state index in [2.05, 4.69) is 53.0 Å². The summed E-state index contributed by atoms with van der Waals surface area (Å²) in [5, 5.41) is 3.48. The van der Waals surface area contributed by atoms with E-state index < -0.39 is 0 Å². The molecule has 0 bridgehead atoms. The number of hydrogen-bond donors (Lipinski definition) is 1. The number of aryl methyl sites for hydroxylation is 1. The quantitative estimate of drug-likeness (QED) is 0.848. The van der Waals surface area contributed by atoms with Crippen molar-refractivity contribution in [2.75, 3.05) is 18.5 Å². The minimum atomic E-state index is 0.495. The van der Waals surface area contributed by atoms with Crippen LogP contribution in [-0.2, 0) is 4.74 Å². The number of nitrogens with one attached hydrogen (secondary N) is 1. The SMILES string of the molecule is Cc1cc(NC2CCOC2)ccc1I. The summed E-state index contributed by atoms with van der Waals surface area (Å²) in [6.45, 7) is 3.87. The highest BCUT2D eigenvalue weighted by molar-refractivity contribution is 14.1. The number of halogens is 1. The second-order valence-electron chi connectivity index (χ2n) is 3.67. The summed E-state index contributed by atoms with van der Waals surface area (Å²) >= 11 is 2.35. The van der Waals surface area contributed by atoms with Gasteiger partial charge in [0.25, 0.3) is 0 Å². The minimum absolute atomic E-state index is 0.495. The third-order valence-corrected chi connectivity index (χ3v) is 3.67. The van der Waals surface area contributed by atoms with Crippen LogP contribution in [0.1, 0.15) is 12.0 Å². The van der Waals surface area contributed by atoms with E-state index >= 15 is 0 Å². The van der Waals surface area contributed by atoms with E-state index in [1.807, 2.05) is 0 Å². The molecule has 1 aromatic rings. The maximum absolute atomic E-state index is 5.32. The van der Waals surface area contributed by atoms with Crippen molar-refractivity contribution >= 4 is 28.3 Å². The van der Waals surface area contributed by atoms with Crippen molar-refractivity contribution in [1.29, 1.82) is 0 Å². The van der Waals surface area contributed by atoms with Gasteiger partial charge in [0.1, 0.15) is 0 Å². The molecule has 76 valence electrons. The number of hydrogen-bond acceptors (Lipinski definition) is 2. The first-order valence-corrected chi connectivity index (χ1v) is 5.94. The number of ether oxygens (including phenoxy) is 1. The Kier molecular flexibility index (Phi) is 3.28. The predicted molar refractivity (Wildman–Crippen MR) is 66.7 cm³/mol. The Bertz CT molecular complexity index is 321. The van der Waals surface area contributed by atoms with Gasteiger partial charge in [-0.05, 0) is 59.7 Å². The van der Waals surface area contributed by atoms with Crippen LogP contribution in [0.3, 0.4) is 0 Å².